The molecular formula is C63H75N9O19. The number of hydrogen-bond donors (Lipinski definition) is 10. The Morgan fingerprint density at radius 1 is 0.868 bits per heavy atom. The predicted octanol–water partition coefficient (Wildman–Crippen LogP) is 3.53. The second kappa shape index (κ2) is 26.3. The van der Waals surface area contributed by atoms with Gasteiger partial charge in [-0.2, -0.15) is 9.97 Å². The number of amides is 2. The number of nitrogen functional groups attached to an aromatic ring is 2. The largest absolute Gasteiger partial charge is 0.481 e. The molecule has 12 atom stereocenters. The van der Waals surface area contributed by atoms with E-state index in [2.05, 4.69) is 30.6 Å². The van der Waals surface area contributed by atoms with Gasteiger partial charge in [0.05, 0.1) is 54.1 Å². The van der Waals surface area contributed by atoms with Crippen molar-refractivity contribution in [1.29, 1.82) is 0 Å². The molecule has 9 rings (SSSR count). The second-order valence-electron chi connectivity index (χ2n) is 24.8. The third kappa shape index (κ3) is 13.8. The third-order valence-corrected chi connectivity index (χ3v) is 17.3. The predicted molar refractivity (Wildman–Crippen MR) is 322 cm³/mol. The van der Waals surface area contributed by atoms with Gasteiger partial charge in [-0.05, 0) is 94.1 Å². The molecule has 3 aromatic carbocycles. The highest BCUT2D eigenvalue weighted by Crippen LogP contribution is 2.64. The first-order valence-electron chi connectivity index (χ1n) is 29.1. The maximum absolute atomic E-state index is 14.9. The molecule has 28 heteroatoms. The average Bonchev–Trinajstić information content (AvgIpc) is 0.672. The van der Waals surface area contributed by atoms with E-state index in [0.29, 0.717) is 29.0 Å². The molecule has 1 saturated heterocycles. The molecule has 0 radical (unpaired) electrons. The Labute approximate surface area is 522 Å². The Morgan fingerprint density at radius 2 is 1.51 bits per heavy atom. The number of carbonyl (C=O) groups is 8. The van der Waals surface area contributed by atoms with Gasteiger partial charge in [0.15, 0.2) is 34.5 Å². The number of rotatable bonds is 17. The fourth-order valence-corrected chi connectivity index (χ4v) is 12.6. The van der Waals surface area contributed by atoms with Crippen LogP contribution in [0.15, 0.2) is 102 Å². The van der Waals surface area contributed by atoms with Crippen molar-refractivity contribution >= 4 is 76.2 Å². The van der Waals surface area contributed by atoms with Gasteiger partial charge in [0.25, 0.3) is 5.91 Å². The van der Waals surface area contributed by atoms with E-state index in [1.54, 1.807) is 101 Å². The van der Waals surface area contributed by atoms with Crippen LogP contribution in [0.1, 0.15) is 119 Å². The van der Waals surface area contributed by atoms with E-state index in [1.807, 2.05) is 11.9 Å². The number of aliphatic hydroxyl groups excluding tert-OH is 3. The lowest BCUT2D eigenvalue weighted by Gasteiger charge is -2.67. The quantitative estimate of drug-likeness (QED) is 0.0361. The molecule has 3 aliphatic carbocycles. The van der Waals surface area contributed by atoms with Gasteiger partial charge >= 0.3 is 35.9 Å². The fraction of sp³-hybridized carbons (Fsp3) is 0.460. The molecule has 91 heavy (non-hydrogen) atoms. The summed E-state index contributed by atoms with van der Waals surface area (Å²) in [5, 5.41) is 71.8. The highest BCUT2D eigenvalue weighted by molar-refractivity contribution is 5.97. The van der Waals surface area contributed by atoms with Crippen molar-refractivity contribution in [3.05, 3.63) is 125 Å². The van der Waals surface area contributed by atoms with E-state index in [4.69, 9.17) is 40.3 Å². The van der Waals surface area contributed by atoms with Gasteiger partial charge in [-0.25, -0.2) is 29.1 Å². The first-order valence-corrected chi connectivity index (χ1v) is 29.1. The van der Waals surface area contributed by atoms with Crippen LogP contribution < -0.4 is 27.0 Å². The summed E-state index contributed by atoms with van der Waals surface area (Å²) in [7, 11) is 1.82. The highest BCUT2D eigenvalue weighted by Gasteiger charge is 2.78. The van der Waals surface area contributed by atoms with Gasteiger partial charge in [-0.15, -0.1) is 0 Å². The lowest BCUT2D eigenvalue weighted by Crippen LogP contribution is -2.81. The first-order chi connectivity index (χ1) is 42.6. The zero-order valence-corrected chi connectivity index (χ0v) is 51.5. The molecule has 2 aromatic heterocycles. The second-order valence-corrected chi connectivity index (χ2v) is 24.8. The van der Waals surface area contributed by atoms with Crippen LogP contribution in [-0.4, -0.2) is 171 Å². The molecule has 12 N–H and O–H groups in total. The molecule has 2 amide bonds. The van der Waals surface area contributed by atoms with E-state index < -0.39 is 136 Å². The number of nitrogens with one attached hydrogen (secondary N) is 2. The number of benzene rings is 3. The SMILES string of the molecule is CC(=O)O[C@@]12CO[C@@H]1C[C@H](O)[C@@]1(C)C(=O)[C@H](O)C3=C(C)[C@@H](OC(=O)C(O)[C@@H](NC(=O)OC(C)(C)C)c4ccccc4)C[C@@](O)([C@@H](OC(=O)c4ccccc4)[C@H]21)C3(C)C.CN(Cc1cnc2nc(N)nc(N)c2n1)c1ccc(C(=O)N[C@@H](CCC(=O)O)C(=O)O)cc1. The molecular weight excluding hydrogens is 1190 g/mol. The number of fused-ring (bicyclic) bond motifs is 6. The van der Waals surface area contributed by atoms with Crippen molar-refractivity contribution in [1.82, 2.24) is 30.6 Å². The Morgan fingerprint density at radius 3 is 2.09 bits per heavy atom. The number of nitrogens with two attached hydrogens (primary N) is 2. The van der Waals surface area contributed by atoms with Crippen LogP contribution in [0.25, 0.3) is 11.2 Å². The van der Waals surface area contributed by atoms with Crippen LogP contribution in [0, 0.1) is 16.7 Å². The van der Waals surface area contributed by atoms with E-state index in [0.717, 1.165) is 12.6 Å². The highest BCUT2D eigenvalue weighted by atomic mass is 16.6. The molecule has 3 heterocycles. The average molecular weight is 1260 g/mol. The van der Waals surface area contributed by atoms with Crippen LogP contribution in [0.3, 0.4) is 0 Å². The molecule has 28 nitrogen and oxygen atoms in total. The minimum Gasteiger partial charge on any atom is -0.481 e. The van der Waals surface area contributed by atoms with Gasteiger partial charge < -0.3 is 81.3 Å². The number of hydrogen-bond acceptors (Lipinski definition) is 24. The third-order valence-electron chi connectivity index (χ3n) is 17.3. The minimum atomic E-state index is -2.35. The number of nitrogens with zero attached hydrogens (tertiary/aromatic N) is 5. The molecule has 3 fully saturated rings. The number of ketones is 1. The van der Waals surface area contributed by atoms with Crippen molar-refractivity contribution in [2.45, 2.75) is 153 Å². The number of aromatic nitrogens is 4. The molecule has 486 valence electrons. The summed E-state index contributed by atoms with van der Waals surface area (Å²) >= 11 is 0. The summed E-state index contributed by atoms with van der Waals surface area (Å²) in [5.74, 6) is -8.27. The number of alkyl carbamates (subject to hydrolysis) is 1. The van der Waals surface area contributed by atoms with Crippen LogP contribution in [0.4, 0.5) is 22.2 Å². The van der Waals surface area contributed by atoms with Gasteiger partial charge in [-0.3, -0.25) is 19.2 Å². The molecule has 0 spiro atoms. The van der Waals surface area contributed by atoms with Gasteiger partial charge in [0.1, 0.15) is 41.7 Å². The summed E-state index contributed by atoms with van der Waals surface area (Å²) in [5.41, 5.74) is 5.52. The number of ether oxygens (including phenoxy) is 5. The van der Waals surface area contributed by atoms with Gasteiger partial charge in [-0.1, -0.05) is 62.4 Å². The number of carbonyl (C=O) groups excluding carboxylic acids is 6. The lowest BCUT2D eigenvalue weighted by molar-refractivity contribution is -0.346. The van der Waals surface area contributed by atoms with Crippen molar-refractivity contribution in [3.63, 3.8) is 0 Å². The molecule has 1 aliphatic heterocycles. The molecule has 4 aliphatic rings. The van der Waals surface area contributed by atoms with Gasteiger partial charge in [0.2, 0.25) is 5.95 Å². The van der Waals surface area contributed by atoms with Crippen LogP contribution >= 0.6 is 0 Å². The number of carboxylic acids is 2. The van der Waals surface area contributed by atoms with Crippen molar-refractivity contribution in [3.8, 4) is 0 Å². The Kier molecular flexibility index (Phi) is 19.6. The lowest BCUT2D eigenvalue weighted by atomic mass is 9.44. The van der Waals surface area contributed by atoms with Gasteiger partial charge in [0, 0.05) is 49.9 Å². The van der Waals surface area contributed by atoms with Crippen molar-refractivity contribution < 1.29 is 92.7 Å². The number of aliphatic hydroxyl groups is 4. The van der Waals surface area contributed by atoms with Crippen molar-refractivity contribution in [2.24, 2.45) is 16.7 Å². The molecule has 2 bridgehead atoms. The van der Waals surface area contributed by atoms with Crippen LogP contribution in [0.2, 0.25) is 0 Å². The number of aliphatic carboxylic acids is 2. The summed E-state index contributed by atoms with van der Waals surface area (Å²) in [6.45, 7) is 12.2. The van der Waals surface area contributed by atoms with Crippen molar-refractivity contribution in [2.75, 3.05) is 30.0 Å². The monoisotopic (exact) mass is 1260 g/mol. The normalized spacial score (nSPS) is 25.7. The summed E-state index contributed by atoms with van der Waals surface area (Å²) in [4.78, 5) is 122. The molecule has 2 saturated carbocycles. The summed E-state index contributed by atoms with van der Waals surface area (Å²) in [6.07, 6.45) is -10.5. The Balaban J connectivity index is 0.000000274. The zero-order valence-electron chi connectivity index (χ0n) is 51.5. The summed E-state index contributed by atoms with van der Waals surface area (Å²) < 4.78 is 29.5. The first kappa shape index (κ1) is 67.7. The topological polar surface area (TPSA) is 435 Å². The number of Topliss-reactive ketones (excluding diaryl/α,β-unsaturated/α-hetero) is 1. The number of anilines is 3. The number of carboxylic acid groups (broad SMARTS) is 2. The van der Waals surface area contributed by atoms with E-state index in [-0.39, 0.29) is 59.9 Å². The fourth-order valence-electron chi connectivity index (χ4n) is 12.6. The Hall–Kier alpha value is -9.22. The van der Waals surface area contributed by atoms with Crippen LogP contribution in [-0.2, 0) is 54.2 Å². The molecule has 5 aromatic rings. The number of esters is 3. The standard InChI is InChI=1S/C43H53NO14.C20H22N8O5/c1-22-26(55-37(51)32(48)30(24-15-11-9-12-16-24)44-38(52)58-39(3,4)5)20-43(53)35(56-36(50)25-17-13-10-14-18-25)33-41(8,34(49)31(47)29(22)40(43,6)7)27(46)19-28-42(33,21-54-28)57-23(2)45;1-28(9-11-8-23-17-15(24-11)16(21)26-20(22)27-17)12-4-2-10(3-5-12)18(31)25-13(19(32)33)6-7-14(29)30/h9-18,26-28,30-33,35,46-48,53H,19-21H2,1-8H3,(H,44,52);2-5,8,13H,6-7,9H2,1H3,(H,25,31)(H,29,30)(H,32,33)(H4,21,22,23,26,27)/t26-,27-,28+,30-,31+,32?,33-,35-,41+,42-,43+;13-/m00/s1. The zero-order chi connectivity index (χ0) is 66.9. The molecule has 1 unspecified atom stereocenters. The maximum atomic E-state index is 14.9. The van der Waals surface area contributed by atoms with E-state index in [9.17, 15) is 63.9 Å². The minimum absolute atomic E-state index is 0.0138. The van der Waals surface area contributed by atoms with E-state index in [1.165, 1.54) is 38.1 Å². The Bertz CT molecular complexity index is 3640. The summed E-state index contributed by atoms with van der Waals surface area (Å²) in [6, 6.07) is 19.8. The maximum Gasteiger partial charge on any atom is 0.408 e. The van der Waals surface area contributed by atoms with E-state index >= 15 is 0 Å². The van der Waals surface area contributed by atoms with Crippen LogP contribution in [0.5, 0.6) is 0 Å². The smallest absolute Gasteiger partial charge is 0.408 e.